The smallest absolute Gasteiger partial charge is 0.226 e. The molecule has 28 heavy (non-hydrogen) atoms. The number of halogens is 1. The lowest BCUT2D eigenvalue weighted by atomic mass is 10.1. The van der Waals surface area contributed by atoms with Crippen molar-refractivity contribution in [3.63, 3.8) is 0 Å². The maximum atomic E-state index is 6.07. The minimum atomic E-state index is 0.532. The molecule has 8 heteroatoms. The molecule has 142 valence electrons. The van der Waals surface area contributed by atoms with Crippen LogP contribution < -0.4 is 0 Å². The van der Waals surface area contributed by atoms with Crippen LogP contribution in [0.3, 0.4) is 0 Å². The summed E-state index contributed by atoms with van der Waals surface area (Å²) in [7, 11) is 0. The van der Waals surface area contributed by atoms with Gasteiger partial charge in [-0.1, -0.05) is 60.6 Å². The maximum absolute atomic E-state index is 6.07. The Balaban J connectivity index is 1.64. The van der Waals surface area contributed by atoms with Crippen LogP contribution in [-0.2, 0) is 18.6 Å². The molecule has 0 N–H and O–H groups in total. The SMILES string of the molecule is CCc1nnc(CSc2nnc(Cc3ccccc3)n2-c2ccc(Cl)cc2)o1. The van der Waals surface area contributed by atoms with Gasteiger partial charge in [-0.25, -0.2) is 0 Å². The van der Waals surface area contributed by atoms with Crippen molar-refractivity contribution in [2.24, 2.45) is 0 Å². The fourth-order valence-corrected chi connectivity index (χ4v) is 3.69. The number of benzene rings is 2. The van der Waals surface area contributed by atoms with Gasteiger partial charge in [0, 0.05) is 23.6 Å². The van der Waals surface area contributed by atoms with Gasteiger partial charge in [0.1, 0.15) is 5.82 Å². The van der Waals surface area contributed by atoms with E-state index in [1.807, 2.05) is 54.0 Å². The normalized spacial score (nSPS) is 11.1. The average molecular weight is 412 g/mol. The molecule has 0 radical (unpaired) electrons. The van der Waals surface area contributed by atoms with Crippen molar-refractivity contribution < 1.29 is 4.42 Å². The molecule has 2 aromatic carbocycles. The first kappa shape index (κ1) is 18.7. The van der Waals surface area contributed by atoms with Crippen molar-refractivity contribution >= 4 is 23.4 Å². The second-order valence-electron chi connectivity index (χ2n) is 6.10. The third-order valence-corrected chi connectivity index (χ3v) is 5.29. The third kappa shape index (κ3) is 4.26. The molecule has 0 saturated carbocycles. The van der Waals surface area contributed by atoms with Crippen molar-refractivity contribution in [2.75, 3.05) is 0 Å². The Kier molecular flexibility index (Phi) is 5.73. The monoisotopic (exact) mass is 411 g/mol. The van der Waals surface area contributed by atoms with Gasteiger partial charge in [-0.05, 0) is 29.8 Å². The van der Waals surface area contributed by atoms with E-state index < -0.39 is 0 Å². The van der Waals surface area contributed by atoms with Crippen LogP contribution in [0, 0.1) is 0 Å². The molecule has 0 atom stereocenters. The zero-order valence-electron chi connectivity index (χ0n) is 15.2. The second-order valence-corrected chi connectivity index (χ2v) is 7.48. The van der Waals surface area contributed by atoms with E-state index in [0.29, 0.717) is 29.0 Å². The topological polar surface area (TPSA) is 69.6 Å². The Hall–Kier alpha value is -2.64. The number of thioether (sulfide) groups is 1. The Morgan fingerprint density at radius 3 is 2.39 bits per heavy atom. The summed E-state index contributed by atoms with van der Waals surface area (Å²) in [6.45, 7) is 1.98. The zero-order chi connectivity index (χ0) is 19.3. The first-order valence-corrected chi connectivity index (χ1v) is 10.3. The van der Waals surface area contributed by atoms with E-state index in [1.165, 1.54) is 17.3 Å². The van der Waals surface area contributed by atoms with Gasteiger partial charge in [0.15, 0.2) is 5.16 Å². The van der Waals surface area contributed by atoms with Crippen LogP contribution in [0.25, 0.3) is 5.69 Å². The van der Waals surface area contributed by atoms with E-state index in [-0.39, 0.29) is 0 Å². The molecule has 2 heterocycles. The fraction of sp³-hybridized carbons (Fsp3) is 0.200. The van der Waals surface area contributed by atoms with Crippen LogP contribution in [-0.4, -0.2) is 25.0 Å². The standard InChI is InChI=1S/C20H18ClN5OS/c1-2-18-23-24-19(27-18)13-28-20-25-22-17(12-14-6-4-3-5-7-14)26(20)16-10-8-15(21)9-11-16/h3-11H,2,12-13H2,1H3. The van der Waals surface area contributed by atoms with Crippen LogP contribution in [0.2, 0.25) is 5.02 Å². The lowest BCUT2D eigenvalue weighted by Crippen LogP contribution is -2.04. The molecule has 4 aromatic rings. The Morgan fingerprint density at radius 1 is 0.929 bits per heavy atom. The van der Waals surface area contributed by atoms with E-state index in [1.54, 1.807) is 0 Å². The van der Waals surface area contributed by atoms with Crippen LogP contribution in [0.15, 0.2) is 64.2 Å². The minimum Gasteiger partial charge on any atom is -0.424 e. The second kappa shape index (κ2) is 8.58. The van der Waals surface area contributed by atoms with Crippen LogP contribution >= 0.6 is 23.4 Å². The number of aryl methyl sites for hydroxylation is 1. The first-order valence-electron chi connectivity index (χ1n) is 8.91. The predicted octanol–water partition coefficient (Wildman–Crippen LogP) is 4.75. The first-order chi connectivity index (χ1) is 13.7. The summed E-state index contributed by atoms with van der Waals surface area (Å²) in [5, 5.41) is 18.4. The molecule has 2 aromatic heterocycles. The molecule has 0 fully saturated rings. The van der Waals surface area contributed by atoms with E-state index >= 15 is 0 Å². The van der Waals surface area contributed by atoms with E-state index in [2.05, 4.69) is 32.5 Å². The molecule has 0 spiro atoms. The summed E-state index contributed by atoms with van der Waals surface area (Å²) in [4.78, 5) is 0. The van der Waals surface area contributed by atoms with Crippen LogP contribution in [0.4, 0.5) is 0 Å². The lowest BCUT2D eigenvalue weighted by Gasteiger charge is -2.10. The molecule has 4 rings (SSSR count). The number of rotatable bonds is 7. The third-order valence-electron chi connectivity index (χ3n) is 4.13. The lowest BCUT2D eigenvalue weighted by molar-refractivity contribution is 0.470. The summed E-state index contributed by atoms with van der Waals surface area (Å²) in [5.41, 5.74) is 2.13. The molecule has 0 aliphatic rings. The minimum absolute atomic E-state index is 0.532. The van der Waals surface area contributed by atoms with Crippen molar-refractivity contribution in [1.29, 1.82) is 0 Å². The van der Waals surface area contributed by atoms with Gasteiger partial charge >= 0.3 is 0 Å². The highest BCUT2D eigenvalue weighted by molar-refractivity contribution is 7.98. The largest absolute Gasteiger partial charge is 0.424 e. The van der Waals surface area contributed by atoms with Crippen LogP contribution in [0.1, 0.15) is 30.1 Å². The summed E-state index contributed by atoms with van der Waals surface area (Å²) < 4.78 is 7.65. The van der Waals surface area contributed by atoms with Gasteiger partial charge in [-0.2, -0.15) is 0 Å². The molecule has 0 saturated heterocycles. The molecule has 6 nitrogen and oxygen atoms in total. The molecule has 0 unspecified atom stereocenters. The Labute approximate surface area is 172 Å². The number of hydrogen-bond acceptors (Lipinski definition) is 6. The van der Waals surface area contributed by atoms with E-state index in [9.17, 15) is 0 Å². The van der Waals surface area contributed by atoms with Gasteiger partial charge in [0.05, 0.1) is 5.75 Å². The quantitative estimate of drug-likeness (QED) is 0.409. The maximum Gasteiger partial charge on any atom is 0.226 e. The Bertz CT molecular complexity index is 1050. The zero-order valence-corrected chi connectivity index (χ0v) is 16.8. The predicted molar refractivity (Wildman–Crippen MR) is 109 cm³/mol. The summed E-state index contributed by atoms with van der Waals surface area (Å²) >= 11 is 7.58. The van der Waals surface area contributed by atoms with Gasteiger partial charge in [-0.3, -0.25) is 4.57 Å². The van der Waals surface area contributed by atoms with Gasteiger partial charge in [0.25, 0.3) is 0 Å². The molecule has 0 aliphatic heterocycles. The van der Waals surface area contributed by atoms with Crippen molar-refractivity contribution in [3.8, 4) is 5.69 Å². The molecular formula is C20H18ClN5OS. The summed E-state index contributed by atoms with van der Waals surface area (Å²) in [6.07, 6.45) is 1.40. The molecule has 0 bridgehead atoms. The van der Waals surface area contributed by atoms with Crippen molar-refractivity contribution in [3.05, 3.63) is 82.8 Å². The Morgan fingerprint density at radius 2 is 1.68 bits per heavy atom. The van der Waals surface area contributed by atoms with Crippen LogP contribution in [0.5, 0.6) is 0 Å². The van der Waals surface area contributed by atoms with Crippen molar-refractivity contribution in [1.82, 2.24) is 25.0 Å². The van der Waals surface area contributed by atoms with Gasteiger partial charge in [-0.15, -0.1) is 20.4 Å². The van der Waals surface area contributed by atoms with Gasteiger partial charge < -0.3 is 4.42 Å². The summed E-state index contributed by atoms with van der Waals surface area (Å²) in [5.74, 6) is 2.61. The molecule has 0 amide bonds. The number of nitrogens with zero attached hydrogens (tertiary/aromatic N) is 5. The van der Waals surface area contributed by atoms with E-state index in [0.717, 1.165) is 23.1 Å². The molecule has 0 aliphatic carbocycles. The van der Waals surface area contributed by atoms with Gasteiger partial charge in [0.2, 0.25) is 11.8 Å². The molecular weight excluding hydrogens is 394 g/mol. The highest BCUT2D eigenvalue weighted by Crippen LogP contribution is 2.26. The highest BCUT2D eigenvalue weighted by Gasteiger charge is 2.16. The van der Waals surface area contributed by atoms with E-state index in [4.69, 9.17) is 16.0 Å². The average Bonchev–Trinajstić information content (AvgIpc) is 3.35. The number of hydrogen-bond donors (Lipinski definition) is 0. The number of aromatic nitrogens is 5. The van der Waals surface area contributed by atoms with Crippen molar-refractivity contribution in [2.45, 2.75) is 30.7 Å². The highest BCUT2D eigenvalue weighted by atomic mass is 35.5. The summed E-state index contributed by atoms with van der Waals surface area (Å²) in [6, 6.07) is 17.9. The fourth-order valence-electron chi connectivity index (χ4n) is 2.75.